The van der Waals surface area contributed by atoms with Crippen LogP contribution in [0.15, 0.2) is 23.8 Å². The summed E-state index contributed by atoms with van der Waals surface area (Å²) < 4.78 is 0. The Balaban J connectivity index is 2.13. The number of carbonyl (C=O) groups excluding carboxylic acids is 1. The van der Waals surface area contributed by atoms with Gasteiger partial charge >= 0.3 is 0 Å². The first kappa shape index (κ1) is 12.6. The summed E-state index contributed by atoms with van der Waals surface area (Å²) in [5, 5.41) is 0. The second-order valence-corrected chi connectivity index (χ2v) is 5.52. The van der Waals surface area contributed by atoms with Gasteiger partial charge in [-0.15, -0.1) is 0 Å². The number of Topliss-reactive ketones (excluding diaryl/α,β-unsaturated/α-hetero) is 1. The summed E-state index contributed by atoms with van der Waals surface area (Å²) in [5.41, 5.74) is 2.74. The summed E-state index contributed by atoms with van der Waals surface area (Å²) in [5.74, 6) is 1.34. The molecule has 0 aliphatic heterocycles. The lowest BCUT2D eigenvalue weighted by Crippen LogP contribution is -2.33. The molecule has 0 bridgehead atoms. The number of unbranched alkanes of at least 4 members (excludes halogenated alkanes) is 2. The number of rotatable bonds is 3. The van der Waals surface area contributed by atoms with Crippen LogP contribution in [0, 0.1) is 11.8 Å². The number of hydrogen-bond acceptors (Lipinski definition) is 1. The molecule has 0 heterocycles. The summed E-state index contributed by atoms with van der Waals surface area (Å²) in [6, 6.07) is 0. The molecule has 1 nitrogen and oxygen atoms in total. The maximum Gasteiger partial charge on any atom is 0.136 e. The first-order chi connectivity index (χ1) is 8.24. The van der Waals surface area contributed by atoms with E-state index in [1.54, 1.807) is 0 Å². The Hall–Kier alpha value is -0.850. The molecule has 0 aromatic heterocycles. The Morgan fingerprint density at radius 1 is 1.29 bits per heavy atom. The molecule has 2 aliphatic carbocycles. The van der Waals surface area contributed by atoms with E-state index >= 15 is 0 Å². The predicted molar refractivity (Wildman–Crippen MR) is 71.8 cm³/mol. The molecule has 2 rings (SSSR count). The van der Waals surface area contributed by atoms with Gasteiger partial charge in [0.15, 0.2) is 0 Å². The SMILES string of the molecule is C=C1CC[C@@H]2C(=O)CCC[C@@H]2/C1=C\CCCC. The van der Waals surface area contributed by atoms with Gasteiger partial charge in [0.2, 0.25) is 0 Å². The van der Waals surface area contributed by atoms with E-state index in [1.807, 2.05) is 0 Å². The van der Waals surface area contributed by atoms with Gasteiger partial charge in [-0.3, -0.25) is 4.79 Å². The van der Waals surface area contributed by atoms with Crippen LogP contribution in [0.4, 0.5) is 0 Å². The predicted octanol–water partition coefficient (Wildman–Crippen LogP) is 4.44. The Morgan fingerprint density at radius 2 is 2.12 bits per heavy atom. The molecule has 0 radical (unpaired) electrons. The largest absolute Gasteiger partial charge is 0.299 e. The van der Waals surface area contributed by atoms with Crippen LogP contribution in [-0.4, -0.2) is 5.78 Å². The second kappa shape index (κ2) is 5.66. The van der Waals surface area contributed by atoms with Crippen LogP contribution in [0.3, 0.4) is 0 Å². The molecule has 0 aromatic rings. The topological polar surface area (TPSA) is 17.1 Å². The molecule has 2 aliphatic rings. The summed E-state index contributed by atoms with van der Waals surface area (Å²) in [4.78, 5) is 12.0. The van der Waals surface area contributed by atoms with Crippen molar-refractivity contribution in [2.24, 2.45) is 11.8 Å². The molecule has 1 heteroatoms. The van der Waals surface area contributed by atoms with Crippen LogP contribution in [0.5, 0.6) is 0 Å². The lowest BCUT2D eigenvalue weighted by atomic mass is 9.66. The minimum atomic E-state index is 0.321. The molecular weight excluding hydrogens is 208 g/mol. The zero-order valence-corrected chi connectivity index (χ0v) is 11.0. The molecule has 94 valence electrons. The monoisotopic (exact) mass is 232 g/mol. The van der Waals surface area contributed by atoms with E-state index < -0.39 is 0 Å². The third kappa shape index (κ3) is 2.70. The van der Waals surface area contributed by atoms with Crippen molar-refractivity contribution in [3.05, 3.63) is 23.8 Å². The average Bonchev–Trinajstić information content (AvgIpc) is 2.32. The standard InChI is InChI=1S/C16H24O/c1-3-4-5-7-13-12(2)10-11-15-14(13)8-6-9-16(15)17/h7,14-15H,2-6,8-11H2,1H3/b13-7-/t14-,15+/m1/s1. The zero-order chi connectivity index (χ0) is 12.3. The van der Waals surface area contributed by atoms with Gasteiger partial charge in [-0.2, -0.15) is 0 Å². The van der Waals surface area contributed by atoms with Crippen molar-refractivity contribution >= 4 is 5.78 Å². The summed E-state index contributed by atoms with van der Waals surface area (Å²) in [7, 11) is 0. The van der Waals surface area contributed by atoms with Crippen LogP contribution in [0.2, 0.25) is 0 Å². The van der Waals surface area contributed by atoms with E-state index in [0.29, 0.717) is 17.6 Å². The fourth-order valence-corrected chi connectivity index (χ4v) is 3.34. The Morgan fingerprint density at radius 3 is 2.88 bits per heavy atom. The Labute approximate surface area is 105 Å². The van der Waals surface area contributed by atoms with E-state index in [2.05, 4.69) is 19.6 Å². The summed E-state index contributed by atoms with van der Waals surface area (Å²) in [6.45, 7) is 6.43. The second-order valence-electron chi connectivity index (χ2n) is 5.52. The van der Waals surface area contributed by atoms with Gasteiger partial charge in [0.1, 0.15) is 5.78 Å². The first-order valence-electron chi connectivity index (χ1n) is 7.15. The van der Waals surface area contributed by atoms with Gasteiger partial charge in [-0.25, -0.2) is 0 Å². The molecule has 0 unspecified atom stereocenters. The molecule has 2 atom stereocenters. The molecule has 2 fully saturated rings. The number of hydrogen-bond donors (Lipinski definition) is 0. The lowest BCUT2D eigenvalue weighted by Gasteiger charge is -2.37. The quantitative estimate of drug-likeness (QED) is 0.657. The highest BCUT2D eigenvalue weighted by Crippen LogP contribution is 2.44. The smallest absolute Gasteiger partial charge is 0.136 e. The summed E-state index contributed by atoms with van der Waals surface area (Å²) >= 11 is 0. The van der Waals surface area contributed by atoms with Crippen LogP contribution in [-0.2, 0) is 4.79 Å². The Kier molecular flexibility index (Phi) is 4.20. The lowest BCUT2D eigenvalue weighted by molar-refractivity contribution is -0.126. The van der Waals surface area contributed by atoms with Crippen molar-refractivity contribution in [3.8, 4) is 0 Å². The fourth-order valence-electron chi connectivity index (χ4n) is 3.34. The molecule has 0 aromatic carbocycles. The fraction of sp³-hybridized carbons (Fsp3) is 0.688. The number of allylic oxidation sites excluding steroid dienone is 3. The van der Waals surface area contributed by atoms with E-state index in [4.69, 9.17) is 0 Å². The maximum atomic E-state index is 12.0. The summed E-state index contributed by atoms with van der Waals surface area (Å²) in [6.07, 6.45) is 11.2. The molecule has 0 amide bonds. The normalized spacial score (nSPS) is 31.7. The van der Waals surface area contributed by atoms with Crippen LogP contribution in [0.25, 0.3) is 0 Å². The molecular formula is C16H24O. The average molecular weight is 232 g/mol. The van der Waals surface area contributed by atoms with Crippen LogP contribution in [0.1, 0.15) is 58.3 Å². The highest BCUT2D eigenvalue weighted by molar-refractivity contribution is 5.83. The van der Waals surface area contributed by atoms with Gasteiger partial charge in [-0.05, 0) is 43.6 Å². The van der Waals surface area contributed by atoms with Gasteiger partial charge in [0, 0.05) is 12.3 Å². The number of ketones is 1. The van der Waals surface area contributed by atoms with Crippen molar-refractivity contribution in [1.29, 1.82) is 0 Å². The van der Waals surface area contributed by atoms with Crippen molar-refractivity contribution in [1.82, 2.24) is 0 Å². The third-order valence-electron chi connectivity index (χ3n) is 4.32. The minimum absolute atomic E-state index is 0.321. The molecule has 0 N–H and O–H groups in total. The van der Waals surface area contributed by atoms with Crippen molar-refractivity contribution in [3.63, 3.8) is 0 Å². The third-order valence-corrected chi connectivity index (χ3v) is 4.32. The van der Waals surface area contributed by atoms with Gasteiger partial charge in [-0.1, -0.05) is 38.0 Å². The van der Waals surface area contributed by atoms with E-state index in [1.165, 1.54) is 30.4 Å². The zero-order valence-electron chi connectivity index (χ0n) is 11.0. The highest BCUT2D eigenvalue weighted by atomic mass is 16.1. The van der Waals surface area contributed by atoms with E-state index in [-0.39, 0.29) is 0 Å². The number of carbonyl (C=O) groups is 1. The minimum Gasteiger partial charge on any atom is -0.299 e. The van der Waals surface area contributed by atoms with Gasteiger partial charge in [0.05, 0.1) is 0 Å². The van der Waals surface area contributed by atoms with Gasteiger partial charge in [0.25, 0.3) is 0 Å². The molecule has 2 saturated carbocycles. The molecule has 17 heavy (non-hydrogen) atoms. The molecule has 0 saturated heterocycles. The first-order valence-corrected chi connectivity index (χ1v) is 7.15. The Bertz CT molecular complexity index is 337. The van der Waals surface area contributed by atoms with Gasteiger partial charge < -0.3 is 0 Å². The molecule has 0 spiro atoms. The van der Waals surface area contributed by atoms with Crippen molar-refractivity contribution in [2.45, 2.75) is 58.3 Å². The number of fused-ring (bicyclic) bond motifs is 1. The highest BCUT2D eigenvalue weighted by Gasteiger charge is 2.37. The maximum absolute atomic E-state index is 12.0. The van der Waals surface area contributed by atoms with E-state index in [9.17, 15) is 4.79 Å². The van der Waals surface area contributed by atoms with E-state index in [0.717, 1.165) is 32.1 Å². The van der Waals surface area contributed by atoms with Crippen molar-refractivity contribution < 1.29 is 4.79 Å². The van der Waals surface area contributed by atoms with Crippen LogP contribution < -0.4 is 0 Å². The van der Waals surface area contributed by atoms with Crippen molar-refractivity contribution in [2.75, 3.05) is 0 Å². The van der Waals surface area contributed by atoms with Crippen LogP contribution >= 0.6 is 0 Å².